The highest BCUT2D eigenvalue weighted by molar-refractivity contribution is 7.92. The van der Waals surface area contributed by atoms with Crippen LogP contribution in [0.4, 0.5) is 5.69 Å². The van der Waals surface area contributed by atoms with E-state index in [0.717, 1.165) is 47.5 Å². The van der Waals surface area contributed by atoms with Gasteiger partial charge in [-0.05, 0) is 74.6 Å². The number of carbonyl (C=O) groups excluding carboxylic acids is 2. The fourth-order valence-electron chi connectivity index (χ4n) is 5.44. The second kappa shape index (κ2) is 14.2. The van der Waals surface area contributed by atoms with Gasteiger partial charge >= 0.3 is 0 Å². The molecule has 7 nitrogen and oxygen atoms in total. The Bertz CT molecular complexity index is 1470. The van der Waals surface area contributed by atoms with Gasteiger partial charge in [-0.1, -0.05) is 85.8 Å². The average molecular weight is 610 g/mol. The van der Waals surface area contributed by atoms with Crippen LogP contribution >= 0.6 is 11.6 Å². The summed E-state index contributed by atoms with van der Waals surface area (Å²) in [6.07, 6.45) is 5.52. The molecule has 0 saturated heterocycles. The maximum atomic E-state index is 14.3. The Morgan fingerprint density at radius 1 is 0.929 bits per heavy atom. The first-order valence-corrected chi connectivity index (χ1v) is 16.4. The molecular formula is C33H40ClN3O4S. The van der Waals surface area contributed by atoms with E-state index < -0.39 is 28.5 Å². The molecule has 1 saturated carbocycles. The largest absolute Gasteiger partial charge is 0.352 e. The van der Waals surface area contributed by atoms with Crippen LogP contribution in [-0.4, -0.2) is 43.8 Å². The molecule has 1 aliphatic rings. The van der Waals surface area contributed by atoms with E-state index in [4.69, 9.17) is 11.6 Å². The van der Waals surface area contributed by atoms with E-state index in [-0.39, 0.29) is 23.4 Å². The number of benzene rings is 3. The van der Waals surface area contributed by atoms with Crippen molar-refractivity contribution in [3.8, 4) is 0 Å². The van der Waals surface area contributed by atoms with Gasteiger partial charge in [0.1, 0.15) is 12.6 Å². The van der Waals surface area contributed by atoms with Crippen molar-refractivity contribution in [3.63, 3.8) is 0 Å². The third-order valence-corrected chi connectivity index (χ3v) is 9.90. The molecule has 0 aliphatic heterocycles. The second-order valence-electron chi connectivity index (χ2n) is 11.0. The maximum absolute atomic E-state index is 14.3. The molecular weight excluding hydrogens is 570 g/mol. The first-order valence-electron chi connectivity index (χ1n) is 14.6. The topological polar surface area (TPSA) is 86.8 Å². The second-order valence-corrected chi connectivity index (χ2v) is 13.3. The van der Waals surface area contributed by atoms with Gasteiger partial charge in [0, 0.05) is 17.6 Å². The molecule has 224 valence electrons. The van der Waals surface area contributed by atoms with Crippen LogP contribution in [0, 0.1) is 13.8 Å². The number of aryl methyl sites for hydroxylation is 2. The SMILES string of the molecule is CC[C@H](C(=O)NC1CCCCC1)N(Cc1ccc(Cl)cc1)C(=O)CN(c1ccccc1C)S(=O)(=O)c1ccc(C)cc1. The van der Waals surface area contributed by atoms with Gasteiger partial charge in [-0.15, -0.1) is 0 Å². The van der Waals surface area contributed by atoms with Gasteiger partial charge in [0.2, 0.25) is 11.8 Å². The Morgan fingerprint density at radius 3 is 2.19 bits per heavy atom. The molecule has 3 aromatic carbocycles. The average Bonchev–Trinajstić information content (AvgIpc) is 2.98. The number of para-hydroxylation sites is 1. The normalized spacial score (nSPS) is 14.7. The molecule has 1 fully saturated rings. The maximum Gasteiger partial charge on any atom is 0.264 e. The summed E-state index contributed by atoms with van der Waals surface area (Å²) in [5.74, 6) is -0.676. The van der Waals surface area contributed by atoms with Crippen LogP contribution in [0.15, 0.2) is 77.7 Å². The standard InChI is InChI=1S/C33H40ClN3O4S/c1-4-30(33(39)35-28-11-6-5-7-12-28)36(22-26-16-18-27(34)19-17-26)32(38)23-37(31-13-9-8-10-25(31)3)42(40,41)29-20-14-24(2)15-21-29/h8-10,13-21,28,30H,4-7,11-12,22-23H2,1-3H3,(H,35,39)/t30-/m1/s1. The zero-order chi connectivity index (χ0) is 30.3. The lowest BCUT2D eigenvalue weighted by Gasteiger charge is -2.34. The van der Waals surface area contributed by atoms with Crippen molar-refractivity contribution >= 4 is 39.1 Å². The van der Waals surface area contributed by atoms with Crippen molar-refractivity contribution < 1.29 is 18.0 Å². The molecule has 0 radical (unpaired) electrons. The van der Waals surface area contributed by atoms with E-state index >= 15 is 0 Å². The summed E-state index contributed by atoms with van der Waals surface area (Å²) in [6, 6.07) is 20.1. The van der Waals surface area contributed by atoms with Crippen LogP contribution in [0.25, 0.3) is 0 Å². The number of hydrogen-bond donors (Lipinski definition) is 1. The Labute approximate surface area is 254 Å². The fraction of sp³-hybridized carbons (Fsp3) is 0.394. The van der Waals surface area contributed by atoms with Crippen LogP contribution < -0.4 is 9.62 Å². The molecule has 3 aromatic rings. The van der Waals surface area contributed by atoms with Crippen molar-refractivity contribution in [2.24, 2.45) is 0 Å². The number of anilines is 1. The molecule has 1 aliphatic carbocycles. The molecule has 0 bridgehead atoms. The minimum Gasteiger partial charge on any atom is -0.352 e. The number of halogens is 1. The molecule has 0 spiro atoms. The molecule has 42 heavy (non-hydrogen) atoms. The number of rotatable bonds is 11. The summed E-state index contributed by atoms with van der Waals surface area (Å²) in [5, 5.41) is 3.73. The zero-order valence-electron chi connectivity index (χ0n) is 24.6. The number of nitrogens with zero attached hydrogens (tertiary/aromatic N) is 2. The number of amides is 2. The molecule has 1 atom stereocenters. The van der Waals surface area contributed by atoms with Crippen LogP contribution in [0.5, 0.6) is 0 Å². The highest BCUT2D eigenvalue weighted by Crippen LogP contribution is 2.28. The quantitative estimate of drug-likeness (QED) is 0.272. The predicted molar refractivity (Wildman–Crippen MR) is 168 cm³/mol. The van der Waals surface area contributed by atoms with Gasteiger partial charge in [0.25, 0.3) is 10.0 Å². The molecule has 2 amide bonds. The molecule has 4 rings (SSSR count). The summed E-state index contributed by atoms with van der Waals surface area (Å²) in [6.45, 7) is 5.25. The van der Waals surface area contributed by atoms with Gasteiger partial charge < -0.3 is 10.2 Å². The third-order valence-electron chi connectivity index (χ3n) is 7.88. The summed E-state index contributed by atoms with van der Waals surface area (Å²) in [5.41, 5.74) is 2.85. The summed E-state index contributed by atoms with van der Waals surface area (Å²) < 4.78 is 29.3. The van der Waals surface area contributed by atoms with E-state index in [1.54, 1.807) is 48.5 Å². The molecule has 0 aromatic heterocycles. The Kier molecular flexibility index (Phi) is 10.7. The lowest BCUT2D eigenvalue weighted by molar-refractivity contribution is -0.140. The van der Waals surface area contributed by atoms with E-state index in [1.807, 2.05) is 45.0 Å². The lowest BCUT2D eigenvalue weighted by Crippen LogP contribution is -2.54. The van der Waals surface area contributed by atoms with Gasteiger partial charge in [-0.3, -0.25) is 13.9 Å². The molecule has 9 heteroatoms. The van der Waals surface area contributed by atoms with E-state index in [2.05, 4.69) is 5.32 Å². The predicted octanol–water partition coefficient (Wildman–Crippen LogP) is 6.41. The number of nitrogens with one attached hydrogen (secondary N) is 1. The van der Waals surface area contributed by atoms with Crippen molar-refractivity contribution in [1.82, 2.24) is 10.2 Å². The summed E-state index contributed by atoms with van der Waals surface area (Å²) >= 11 is 6.11. The highest BCUT2D eigenvalue weighted by atomic mass is 35.5. The van der Waals surface area contributed by atoms with Crippen molar-refractivity contribution in [3.05, 3.63) is 94.5 Å². The van der Waals surface area contributed by atoms with Gasteiger partial charge in [0.05, 0.1) is 10.6 Å². The Balaban J connectivity index is 1.71. The number of hydrogen-bond acceptors (Lipinski definition) is 4. The molecule has 0 unspecified atom stereocenters. The first kappa shape index (κ1) is 31.6. The molecule has 0 heterocycles. The van der Waals surface area contributed by atoms with E-state index in [1.165, 1.54) is 4.90 Å². The minimum atomic E-state index is -4.11. The zero-order valence-corrected chi connectivity index (χ0v) is 26.1. The van der Waals surface area contributed by atoms with Gasteiger partial charge in [-0.2, -0.15) is 0 Å². The number of sulfonamides is 1. The van der Waals surface area contributed by atoms with Crippen molar-refractivity contribution in [2.75, 3.05) is 10.8 Å². The third kappa shape index (κ3) is 7.72. The highest BCUT2D eigenvalue weighted by Gasteiger charge is 2.34. The number of carbonyl (C=O) groups is 2. The fourth-order valence-corrected chi connectivity index (χ4v) is 7.05. The Hall–Kier alpha value is -3.36. The van der Waals surface area contributed by atoms with Gasteiger partial charge in [0.15, 0.2) is 0 Å². The van der Waals surface area contributed by atoms with Crippen molar-refractivity contribution in [2.45, 2.75) is 82.8 Å². The van der Waals surface area contributed by atoms with Gasteiger partial charge in [-0.25, -0.2) is 8.42 Å². The van der Waals surface area contributed by atoms with E-state index in [9.17, 15) is 18.0 Å². The lowest BCUT2D eigenvalue weighted by atomic mass is 9.95. The Morgan fingerprint density at radius 2 is 1.57 bits per heavy atom. The monoisotopic (exact) mass is 609 g/mol. The van der Waals surface area contributed by atoms with Crippen LogP contribution in [0.3, 0.4) is 0 Å². The summed E-state index contributed by atoms with van der Waals surface area (Å²) in [4.78, 5) is 29.5. The van der Waals surface area contributed by atoms with E-state index in [0.29, 0.717) is 22.7 Å². The smallest absolute Gasteiger partial charge is 0.264 e. The van der Waals surface area contributed by atoms with Crippen LogP contribution in [0.2, 0.25) is 5.02 Å². The molecule has 1 N–H and O–H groups in total. The minimum absolute atomic E-state index is 0.0816. The first-order chi connectivity index (χ1) is 20.1. The van der Waals surface area contributed by atoms with Crippen molar-refractivity contribution in [1.29, 1.82) is 0 Å². The van der Waals surface area contributed by atoms with Crippen LogP contribution in [0.1, 0.15) is 62.1 Å². The summed E-state index contributed by atoms with van der Waals surface area (Å²) in [7, 11) is -4.11. The van der Waals surface area contributed by atoms with Crippen LogP contribution in [-0.2, 0) is 26.2 Å².